The normalized spacial score (nSPS) is 22.6. The maximum atomic E-state index is 9.28. The number of piperidine rings is 1. The molecule has 1 aliphatic heterocycles. The fourth-order valence-electron chi connectivity index (χ4n) is 2.47. The van der Waals surface area contributed by atoms with Crippen LogP contribution in [0.5, 0.6) is 0 Å². The minimum Gasteiger partial charge on any atom is -0.370 e. The number of nitriles is 1. The van der Waals surface area contributed by atoms with Crippen LogP contribution in [0.1, 0.15) is 25.8 Å². The highest BCUT2D eigenvalue weighted by atomic mass is 79.9. The summed E-state index contributed by atoms with van der Waals surface area (Å²) in [5.74, 6) is 0. The van der Waals surface area contributed by atoms with Crippen LogP contribution in [-0.2, 0) is 0 Å². The molecule has 2 rings (SSSR count). The first-order chi connectivity index (χ1) is 8.45. The fourth-order valence-corrected chi connectivity index (χ4v) is 2.91. The molecule has 0 saturated carbocycles. The van der Waals surface area contributed by atoms with E-state index >= 15 is 0 Å². The van der Waals surface area contributed by atoms with E-state index in [2.05, 4.69) is 40.7 Å². The van der Waals surface area contributed by atoms with Gasteiger partial charge in [-0.25, -0.2) is 0 Å². The molecule has 1 unspecified atom stereocenters. The molecule has 3 nitrogen and oxygen atoms in total. The zero-order valence-electron chi connectivity index (χ0n) is 10.8. The van der Waals surface area contributed by atoms with Gasteiger partial charge in [0, 0.05) is 23.6 Å². The SMILES string of the molecule is CC1(C)CN(c2cccc(Br)c2C#N)CCC1N. The van der Waals surface area contributed by atoms with E-state index in [4.69, 9.17) is 5.73 Å². The van der Waals surface area contributed by atoms with Crippen molar-refractivity contribution < 1.29 is 0 Å². The van der Waals surface area contributed by atoms with E-state index in [1.165, 1.54) is 0 Å². The van der Waals surface area contributed by atoms with Crippen LogP contribution in [0.3, 0.4) is 0 Å². The number of rotatable bonds is 1. The second-order valence-corrected chi connectivity index (χ2v) is 6.41. The summed E-state index contributed by atoms with van der Waals surface area (Å²) in [5, 5.41) is 9.28. The second kappa shape index (κ2) is 4.91. The number of anilines is 1. The Kier molecular flexibility index (Phi) is 3.65. The molecule has 96 valence electrons. The molecule has 0 bridgehead atoms. The van der Waals surface area contributed by atoms with E-state index < -0.39 is 0 Å². The van der Waals surface area contributed by atoms with E-state index in [-0.39, 0.29) is 11.5 Å². The van der Waals surface area contributed by atoms with Crippen molar-refractivity contribution in [2.45, 2.75) is 26.3 Å². The van der Waals surface area contributed by atoms with Gasteiger partial charge >= 0.3 is 0 Å². The lowest BCUT2D eigenvalue weighted by molar-refractivity contribution is 0.245. The average molecular weight is 308 g/mol. The van der Waals surface area contributed by atoms with Gasteiger partial charge in [-0.3, -0.25) is 0 Å². The Morgan fingerprint density at radius 3 is 2.83 bits per heavy atom. The molecule has 4 heteroatoms. The molecule has 1 heterocycles. The molecule has 18 heavy (non-hydrogen) atoms. The van der Waals surface area contributed by atoms with Gasteiger partial charge in [0.15, 0.2) is 0 Å². The van der Waals surface area contributed by atoms with Crippen LogP contribution in [-0.4, -0.2) is 19.1 Å². The Balaban J connectivity index is 2.34. The molecule has 2 N–H and O–H groups in total. The Labute approximate surface area is 117 Å². The molecule has 1 atom stereocenters. The third-order valence-corrected chi connectivity index (χ3v) is 4.42. The molecule has 0 radical (unpaired) electrons. The molecular weight excluding hydrogens is 290 g/mol. The Bertz CT molecular complexity index is 490. The van der Waals surface area contributed by atoms with Crippen LogP contribution in [0.4, 0.5) is 5.69 Å². The predicted molar refractivity (Wildman–Crippen MR) is 77.4 cm³/mol. The van der Waals surface area contributed by atoms with Gasteiger partial charge in [-0.15, -0.1) is 0 Å². The van der Waals surface area contributed by atoms with Gasteiger partial charge in [-0.2, -0.15) is 5.26 Å². The maximum Gasteiger partial charge on any atom is 0.103 e. The van der Waals surface area contributed by atoms with Gasteiger partial charge in [-0.05, 0) is 39.9 Å². The zero-order valence-corrected chi connectivity index (χ0v) is 12.4. The van der Waals surface area contributed by atoms with Crippen LogP contribution in [0.2, 0.25) is 0 Å². The molecular formula is C14H18BrN3. The maximum absolute atomic E-state index is 9.28. The lowest BCUT2D eigenvalue weighted by Gasteiger charge is -2.44. The average Bonchev–Trinajstić information content (AvgIpc) is 2.32. The molecule has 0 aliphatic carbocycles. The molecule has 1 aliphatic rings. The lowest BCUT2D eigenvalue weighted by Crippen LogP contribution is -2.52. The van der Waals surface area contributed by atoms with E-state index in [1.807, 2.05) is 18.2 Å². The summed E-state index contributed by atoms with van der Waals surface area (Å²) in [4.78, 5) is 2.27. The lowest BCUT2D eigenvalue weighted by atomic mass is 9.79. The molecule has 0 amide bonds. The third-order valence-electron chi connectivity index (χ3n) is 3.76. The number of nitrogens with two attached hydrogens (primary N) is 1. The topological polar surface area (TPSA) is 53.0 Å². The Morgan fingerprint density at radius 1 is 1.50 bits per heavy atom. The van der Waals surface area contributed by atoms with Crippen LogP contribution < -0.4 is 10.6 Å². The Morgan fingerprint density at radius 2 is 2.22 bits per heavy atom. The van der Waals surface area contributed by atoms with Crippen molar-refractivity contribution in [2.24, 2.45) is 11.1 Å². The van der Waals surface area contributed by atoms with Crippen LogP contribution in [0, 0.1) is 16.7 Å². The number of hydrogen-bond donors (Lipinski definition) is 1. The molecule has 0 aromatic heterocycles. The van der Waals surface area contributed by atoms with Crippen LogP contribution in [0.15, 0.2) is 22.7 Å². The second-order valence-electron chi connectivity index (χ2n) is 5.55. The summed E-state index contributed by atoms with van der Waals surface area (Å²) in [6, 6.07) is 8.40. The highest BCUT2D eigenvalue weighted by Gasteiger charge is 2.34. The van der Waals surface area contributed by atoms with Crippen LogP contribution in [0.25, 0.3) is 0 Å². The van der Waals surface area contributed by atoms with Gasteiger partial charge in [0.2, 0.25) is 0 Å². The smallest absolute Gasteiger partial charge is 0.103 e. The van der Waals surface area contributed by atoms with Crippen molar-refractivity contribution in [3.05, 3.63) is 28.2 Å². The number of nitrogens with zero attached hydrogens (tertiary/aromatic N) is 2. The predicted octanol–water partition coefficient (Wildman–Crippen LogP) is 2.88. The van der Waals surface area contributed by atoms with Crippen molar-refractivity contribution in [2.75, 3.05) is 18.0 Å². The summed E-state index contributed by atoms with van der Waals surface area (Å²) in [6.45, 7) is 6.18. The molecule has 1 aromatic carbocycles. The van der Waals surface area contributed by atoms with Crippen LogP contribution >= 0.6 is 15.9 Å². The van der Waals surface area contributed by atoms with E-state index in [9.17, 15) is 5.26 Å². The first kappa shape index (κ1) is 13.4. The van der Waals surface area contributed by atoms with E-state index in [1.54, 1.807) is 0 Å². The van der Waals surface area contributed by atoms with Crippen molar-refractivity contribution in [1.82, 2.24) is 0 Å². The summed E-state index contributed by atoms with van der Waals surface area (Å²) in [6.07, 6.45) is 0.963. The van der Waals surface area contributed by atoms with Gasteiger partial charge in [-0.1, -0.05) is 19.9 Å². The molecule has 1 fully saturated rings. The number of halogens is 1. The quantitative estimate of drug-likeness (QED) is 0.868. The third kappa shape index (κ3) is 2.38. The summed E-state index contributed by atoms with van der Waals surface area (Å²) < 4.78 is 0.857. The van der Waals surface area contributed by atoms with Gasteiger partial charge < -0.3 is 10.6 Å². The molecule has 1 aromatic rings. The van der Waals surface area contributed by atoms with Gasteiger partial charge in [0.1, 0.15) is 6.07 Å². The minimum absolute atomic E-state index is 0.0767. The standard InChI is InChI=1S/C14H18BrN3/c1-14(2)9-18(7-6-13(14)17)12-5-3-4-11(15)10(12)8-16/h3-5,13H,6-7,9,17H2,1-2H3. The van der Waals surface area contributed by atoms with Gasteiger partial charge in [0.25, 0.3) is 0 Å². The van der Waals surface area contributed by atoms with Crippen molar-refractivity contribution in [1.29, 1.82) is 5.26 Å². The highest BCUT2D eigenvalue weighted by molar-refractivity contribution is 9.10. The largest absolute Gasteiger partial charge is 0.370 e. The summed E-state index contributed by atoms with van der Waals surface area (Å²) in [7, 11) is 0. The Hall–Kier alpha value is -1.05. The number of benzene rings is 1. The van der Waals surface area contributed by atoms with E-state index in [0.717, 1.165) is 29.7 Å². The first-order valence-corrected chi connectivity index (χ1v) is 6.94. The molecule has 0 spiro atoms. The summed E-state index contributed by atoms with van der Waals surface area (Å²) >= 11 is 3.44. The first-order valence-electron chi connectivity index (χ1n) is 6.15. The fraction of sp³-hybridized carbons (Fsp3) is 0.500. The van der Waals surface area contributed by atoms with Crippen molar-refractivity contribution >= 4 is 21.6 Å². The highest BCUT2D eigenvalue weighted by Crippen LogP contribution is 2.34. The summed E-state index contributed by atoms with van der Waals surface area (Å²) in [5.41, 5.74) is 7.95. The minimum atomic E-state index is 0.0767. The van der Waals surface area contributed by atoms with Gasteiger partial charge in [0.05, 0.1) is 11.3 Å². The van der Waals surface area contributed by atoms with Crippen molar-refractivity contribution in [3.8, 4) is 6.07 Å². The number of hydrogen-bond acceptors (Lipinski definition) is 3. The molecule has 1 saturated heterocycles. The monoisotopic (exact) mass is 307 g/mol. The van der Waals surface area contributed by atoms with Crippen molar-refractivity contribution in [3.63, 3.8) is 0 Å². The van der Waals surface area contributed by atoms with E-state index in [0.29, 0.717) is 5.56 Å². The zero-order chi connectivity index (χ0) is 13.3.